The lowest BCUT2D eigenvalue weighted by Crippen LogP contribution is -2.39. The van der Waals surface area contributed by atoms with E-state index in [1.807, 2.05) is 6.07 Å². The second-order valence-electron chi connectivity index (χ2n) is 5.47. The van der Waals surface area contributed by atoms with Crippen molar-refractivity contribution in [3.63, 3.8) is 0 Å². The third-order valence-electron chi connectivity index (χ3n) is 3.46. The zero-order valence-electron chi connectivity index (χ0n) is 12.0. The molecule has 1 aliphatic rings. The molecule has 0 atom stereocenters. The lowest BCUT2D eigenvalue weighted by Gasteiger charge is -2.25. The monoisotopic (exact) mass is 262 g/mol. The number of carbonyl (C=O) groups is 1. The van der Waals surface area contributed by atoms with E-state index in [-0.39, 0.29) is 5.97 Å². The van der Waals surface area contributed by atoms with Gasteiger partial charge in [0.25, 0.3) is 0 Å². The fourth-order valence-electron chi connectivity index (χ4n) is 2.41. The summed E-state index contributed by atoms with van der Waals surface area (Å²) in [7, 11) is 0. The van der Waals surface area contributed by atoms with Gasteiger partial charge in [0.15, 0.2) is 5.60 Å². The molecule has 0 saturated carbocycles. The van der Waals surface area contributed by atoms with Gasteiger partial charge in [-0.3, -0.25) is 0 Å². The van der Waals surface area contributed by atoms with Crippen LogP contribution >= 0.6 is 0 Å². The minimum absolute atomic E-state index is 0.326. The van der Waals surface area contributed by atoms with Crippen LogP contribution in [0.3, 0.4) is 0 Å². The van der Waals surface area contributed by atoms with Crippen molar-refractivity contribution >= 4 is 5.97 Å². The molecule has 0 unspecified atom stereocenters. The molecule has 0 bridgehead atoms. The topological polar surface area (TPSA) is 35.5 Å². The van der Waals surface area contributed by atoms with Gasteiger partial charge in [-0.05, 0) is 69.7 Å². The molecular formula is C16H22O3. The summed E-state index contributed by atoms with van der Waals surface area (Å²) in [6, 6.07) is 6.13. The number of hydrogen-bond donors (Lipinski definition) is 0. The molecule has 0 heterocycles. The van der Waals surface area contributed by atoms with Crippen LogP contribution in [0.1, 0.15) is 44.7 Å². The van der Waals surface area contributed by atoms with E-state index >= 15 is 0 Å². The molecule has 2 rings (SSSR count). The van der Waals surface area contributed by atoms with Crippen LogP contribution < -0.4 is 4.74 Å². The molecule has 0 N–H and O–H groups in total. The Hall–Kier alpha value is -1.51. The Morgan fingerprint density at radius 1 is 1.21 bits per heavy atom. The van der Waals surface area contributed by atoms with E-state index in [1.54, 1.807) is 20.8 Å². The number of esters is 1. The molecule has 0 fully saturated rings. The molecule has 0 spiro atoms. The molecule has 0 aliphatic heterocycles. The van der Waals surface area contributed by atoms with Crippen LogP contribution in [-0.4, -0.2) is 18.2 Å². The maximum absolute atomic E-state index is 11.8. The third kappa shape index (κ3) is 3.28. The quantitative estimate of drug-likeness (QED) is 0.781. The lowest BCUT2D eigenvalue weighted by molar-refractivity contribution is -0.158. The Morgan fingerprint density at radius 3 is 2.58 bits per heavy atom. The summed E-state index contributed by atoms with van der Waals surface area (Å²) >= 11 is 0. The van der Waals surface area contributed by atoms with Gasteiger partial charge in [-0.1, -0.05) is 6.07 Å². The first kappa shape index (κ1) is 13.9. The van der Waals surface area contributed by atoms with Crippen LogP contribution in [0, 0.1) is 0 Å². The van der Waals surface area contributed by atoms with Gasteiger partial charge in [-0.2, -0.15) is 0 Å². The van der Waals surface area contributed by atoms with Gasteiger partial charge in [0.2, 0.25) is 0 Å². The molecule has 1 aromatic carbocycles. The predicted molar refractivity (Wildman–Crippen MR) is 74.4 cm³/mol. The molecule has 0 radical (unpaired) electrons. The average molecular weight is 262 g/mol. The summed E-state index contributed by atoms with van der Waals surface area (Å²) < 4.78 is 10.8. The molecule has 0 saturated heterocycles. The highest BCUT2D eigenvalue weighted by Gasteiger charge is 2.31. The van der Waals surface area contributed by atoms with E-state index in [2.05, 4.69) is 12.1 Å². The zero-order valence-corrected chi connectivity index (χ0v) is 12.0. The average Bonchev–Trinajstić information content (AvgIpc) is 2.38. The van der Waals surface area contributed by atoms with Crippen LogP contribution in [0.4, 0.5) is 0 Å². The van der Waals surface area contributed by atoms with Crippen molar-refractivity contribution in [2.75, 3.05) is 6.61 Å². The largest absolute Gasteiger partial charge is 0.476 e. The molecule has 1 aromatic rings. The summed E-state index contributed by atoms with van der Waals surface area (Å²) in [5.74, 6) is 0.423. The van der Waals surface area contributed by atoms with Gasteiger partial charge < -0.3 is 9.47 Å². The number of rotatable bonds is 4. The van der Waals surface area contributed by atoms with Crippen molar-refractivity contribution in [2.24, 2.45) is 0 Å². The van der Waals surface area contributed by atoms with Crippen LogP contribution in [0.25, 0.3) is 0 Å². The van der Waals surface area contributed by atoms with Gasteiger partial charge in [-0.15, -0.1) is 0 Å². The Bertz CT molecular complexity index is 463. The smallest absolute Gasteiger partial charge is 0.349 e. The summed E-state index contributed by atoms with van der Waals surface area (Å²) in [5.41, 5.74) is 1.81. The van der Waals surface area contributed by atoms with Gasteiger partial charge in [0.05, 0.1) is 6.61 Å². The highest BCUT2D eigenvalue weighted by molar-refractivity contribution is 5.79. The highest BCUT2D eigenvalue weighted by atomic mass is 16.6. The van der Waals surface area contributed by atoms with E-state index in [0.717, 1.165) is 18.6 Å². The van der Waals surface area contributed by atoms with Crippen molar-refractivity contribution in [1.82, 2.24) is 0 Å². The molecule has 3 heteroatoms. The lowest BCUT2D eigenvalue weighted by atomic mass is 9.92. The van der Waals surface area contributed by atoms with Crippen LogP contribution in [0.15, 0.2) is 18.2 Å². The van der Waals surface area contributed by atoms with E-state index in [9.17, 15) is 4.79 Å². The third-order valence-corrected chi connectivity index (χ3v) is 3.46. The first-order valence-corrected chi connectivity index (χ1v) is 7.01. The van der Waals surface area contributed by atoms with E-state index in [0.29, 0.717) is 6.61 Å². The number of benzene rings is 1. The van der Waals surface area contributed by atoms with Crippen LogP contribution in [0.5, 0.6) is 5.75 Å². The number of carbonyl (C=O) groups excluding carboxylic acids is 1. The van der Waals surface area contributed by atoms with Gasteiger partial charge in [0, 0.05) is 0 Å². The maximum Gasteiger partial charge on any atom is 0.349 e. The SMILES string of the molecule is CCOC(=O)C(C)(C)Oc1ccc2c(c1)CCCC2. The predicted octanol–water partition coefficient (Wildman–Crippen LogP) is 3.29. The Kier molecular flexibility index (Phi) is 4.13. The van der Waals surface area contributed by atoms with Crippen LogP contribution in [-0.2, 0) is 22.4 Å². The Morgan fingerprint density at radius 2 is 1.89 bits per heavy atom. The van der Waals surface area contributed by atoms with E-state index in [4.69, 9.17) is 9.47 Å². The van der Waals surface area contributed by atoms with Gasteiger partial charge in [-0.25, -0.2) is 4.79 Å². The fourth-order valence-corrected chi connectivity index (χ4v) is 2.41. The molecule has 19 heavy (non-hydrogen) atoms. The van der Waals surface area contributed by atoms with E-state index in [1.165, 1.54) is 24.0 Å². The highest BCUT2D eigenvalue weighted by Crippen LogP contribution is 2.27. The second-order valence-corrected chi connectivity index (χ2v) is 5.47. The van der Waals surface area contributed by atoms with Crippen molar-refractivity contribution in [1.29, 1.82) is 0 Å². The van der Waals surface area contributed by atoms with E-state index < -0.39 is 5.60 Å². The molecular weight excluding hydrogens is 240 g/mol. The Balaban J connectivity index is 2.12. The summed E-state index contributed by atoms with van der Waals surface area (Å²) in [4.78, 5) is 11.8. The molecule has 104 valence electrons. The summed E-state index contributed by atoms with van der Waals surface area (Å²) in [6.45, 7) is 5.65. The zero-order chi connectivity index (χ0) is 13.9. The second kappa shape index (κ2) is 5.64. The number of aryl methyl sites for hydroxylation is 2. The van der Waals surface area contributed by atoms with Gasteiger partial charge in [0.1, 0.15) is 5.75 Å². The first-order chi connectivity index (χ1) is 9.03. The number of ether oxygens (including phenoxy) is 2. The first-order valence-electron chi connectivity index (χ1n) is 7.01. The van der Waals surface area contributed by atoms with Crippen molar-refractivity contribution in [2.45, 2.75) is 52.1 Å². The minimum Gasteiger partial charge on any atom is -0.476 e. The summed E-state index contributed by atoms with van der Waals surface area (Å²) in [6.07, 6.45) is 4.75. The minimum atomic E-state index is -0.946. The maximum atomic E-state index is 11.8. The standard InChI is InChI=1S/C16H22O3/c1-4-18-15(17)16(2,3)19-14-10-9-12-7-5-6-8-13(12)11-14/h9-11H,4-8H2,1-3H3. The molecule has 3 nitrogen and oxygen atoms in total. The van der Waals surface area contributed by atoms with Crippen molar-refractivity contribution in [3.8, 4) is 5.75 Å². The van der Waals surface area contributed by atoms with Gasteiger partial charge >= 0.3 is 5.97 Å². The molecule has 0 aromatic heterocycles. The number of hydrogen-bond acceptors (Lipinski definition) is 3. The molecule has 1 aliphatic carbocycles. The molecule has 0 amide bonds. The number of fused-ring (bicyclic) bond motifs is 1. The van der Waals surface area contributed by atoms with Crippen LogP contribution in [0.2, 0.25) is 0 Å². The van der Waals surface area contributed by atoms with Crippen molar-refractivity contribution in [3.05, 3.63) is 29.3 Å². The summed E-state index contributed by atoms with van der Waals surface area (Å²) in [5, 5.41) is 0. The Labute approximate surface area is 114 Å². The van der Waals surface area contributed by atoms with Crippen molar-refractivity contribution < 1.29 is 14.3 Å². The fraction of sp³-hybridized carbons (Fsp3) is 0.562. The normalized spacial score (nSPS) is 14.7.